The summed E-state index contributed by atoms with van der Waals surface area (Å²) in [7, 11) is 0. The Morgan fingerprint density at radius 3 is 1.35 bits per heavy atom. The summed E-state index contributed by atoms with van der Waals surface area (Å²) >= 11 is 0. The van der Waals surface area contributed by atoms with Crippen molar-refractivity contribution in [1.82, 2.24) is 42.5 Å². The number of carboxylic acids is 2. The number of carboxylic acid groups (broad SMARTS) is 2. The van der Waals surface area contributed by atoms with Crippen LogP contribution in [0.2, 0.25) is 0 Å². The van der Waals surface area contributed by atoms with E-state index in [4.69, 9.17) is 40.1 Å². The fraction of sp³-hybridized carbons (Fsp3) is 0.612. The highest BCUT2D eigenvalue weighted by molar-refractivity contribution is 5.98. The van der Waals surface area contributed by atoms with E-state index in [2.05, 4.69) is 57.5 Å². The van der Waals surface area contributed by atoms with E-state index in [1.807, 2.05) is 0 Å². The lowest BCUT2D eigenvalue weighted by Gasteiger charge is -2.29. The molecule has 1 aromatic rings. The monoisotopic (exact) mass is 1130 g/mol. The fourth-order valence-electron chi connectivity index (χ4n) is 7.54. The lowest BCUT2D eigenvalue weighted by atomic mass is 9.98. The molecule has 0 radical (unpaired) electrons. The highest BCUT2D eigenvalue weighted by Crippen LogP contribution is 2.14. The van der Waals surface area contributed by atoms with E-state index >= 15 is 0 Å². The van der Waals surface area contributed by atoms with E-state index in [9.17, 15) is 63.3 Å². The third-order valence-electron chi connectivity index (χ3n) is 11.7. The van der Waals surface area contributed by atoms with Crippen molar-refractivity contribution in [1.29, 1.82) is 0 Å². The molecule has 1 rings (SSSR count). The van der Waals surface area contributed by atoms with Crippen molar-refractivity contribution in [3.05, 3.63) is 29.8 Å². The van der Waals surface area contributed by atoms with Crippen LogP contribution < -0.4 is 82.7 Å². The second-order valence-electron chi connectivity index (χ2n) is 19.9. The number of nitrogens with zero attached hydrogens (tertiary/aromatic N) is 3. The highest BCUT2D eigenvalue weighted by atomic mass is 16.4. The minimum absolute atomic E-state index is 0.00142. The Kier molecular flexibility index (Phi) is 31.1. The predicted octanol–water partition coefficient (Wildman–Crippen LogP) is -5.15. The number of carbonyl (C=O) groups excluding carboxylic acids is 8. The number of nitrogens with two attached hydrogens (primary N) is 7. The molecule has 0 aliphatic rings. The number of hydrogen-bond donors (Lipinski definition) is 18. The van der Waals surface area contributed by atoms with Gasteiger partial charge < -0.3 is 98.0 Å². The third kappa shape index (κ3) is 28.2. The van der Waals surface area contributed by atoms with Gasteiger partial charge in [0.05, 0.1) is 19.0 Å². The molecule has 0 spiro atoms. The molecule has 25 N–H and O–H groups in total. The number of amides is 8. The van der Waals surface area contributed by atoms with Crippen LogP contribution in [0.15, 0.2) is 39.2 Å². The maximum Gasteiger partial charge on any atom is 0.326 e. The quantitative estimate of drug-likeness (QED) is 0.0168. The Balaban J connectivity index is 3.40. The van der Waals surface area contributed by atoms with Gasteiger partial charge in [0.2, 0.25) is 47.3 Å². The summed E-state index contributed by atoms with van der Waals surface area (Å²) in [6.07, 6.45) is -0.698. The Bertz CT molecular complexity index is 2340. The maximum atomic E-state index is 14.2. The Hall–Kier alpha value is -8.51. The molecule has 0 heterocycles. The molecule has 8 amide bonds. The number of nitrogens with one attached hydrogen (secondary N) is 8. The smallest absolute Gasteiger partial charge is 0.326 e. The molecule has 0 saturated heterocycles. The first kappa shape index (κ1) is 69.5. The third-order valence-corrected chi connectivity index (χ3v) is 11.7. The molecule has 0 bridgehead atoms. The second kappa shape index (κ2) is 35.8. The zero-order chi connectivity index (χ0) is 60.8. The lowest BCUT2D eigenvalue weighted by Crippen LogP contribution is -2.60. The first-order chi connectivity index (χ1) is 37.4. The van der Waals surface area contributed by atoms with Gasteiger partial charge in [0.25, 0.3) is 0 Å². The maximum absolute atomic E-state index is 14.2. The van der Waals surface area contributed by atoms with E-state index in [0.717, 1.165) is 0 Å². The van der Waals surface area contributed by atoms with Crippen molar-refractivity contribution < 1.29 is 63.3 Å². The first-order valence-corrected chi connectivity index (χ1v) is 26.0. The zero-order valence-electron chi connectivity index (χ0n) is 46.2. The van der Waals surface area contributed by atoms with Gasteiger partial charge in [-0.2, -0.15) is 0 Å². The van der Waals surface area contributed by atoms with Crippen molar-refractivity contribution in [3.8, 4) is 5.75 Å². The van der Waals surface area contributed by atoms with Crippen molar-refractivity contribution >= 4 is 77.1 Å². The second-order valence-corrected chi connectivity index (χ2v) is 19.9. The zero-order valence-corrected chi connectivity index (χ0v) is 46.2. The van der Waals surface area contributed by atoms with Crippen molar-refractivity contribution in [2.24, 2.45) is 72.9 Å². The topological polar surface area (TPSA) is 547 Å². The summed E-state index contributed by atoms with van der Waals surface area (Å²) in [5, 5.41) is 49.1. The van der Waals surface area contributed by atoms with Gasteiger partial charge in [-0.15, -0.1) is 0 Å². The summed E-state index contributed by atoms with van der Waals surface area (Å²) in [4.78, 5) is 145. The molecule has 0 unspecified atom stereocenters. The molecule has 0 aliphatic heterocycles. The summed E-state index contributed by atoms with van der Waals surface area (Å²) in [5.41, 5.74) is 39.1. The number of aliphatic imine (C=N–C) groups is 3. The van der Waals surface area contributed by atoms with E-state index in [1.54, 1.807) is 41.5 Å². The average molecular weight is 1130 g/mol. The molecule has 0 aromatic heterocycles. The van der Waals surface area contributed by atoms with Crippen LogP contribution in [-0.2, 0) is 54.4 Å². The van der Waals surface area contributed by atoms with Gasteiger partial charge in [-0.25, -0.2) is 4.79 Å². The van der Waals surface area contributed by atoms with E-state index < -0.39 is 132 Å². The van der Waals surface area contributed by atoms with Crippen LogP contribution in [0.4, 0.5) is 0 Å². The van der Waals surface area contributed by atoms with Gasteiger partial charge >= 0.3 is 11.9 Å². The molecule has 1 aromatic carbocycles. The molecule has 448 valence electrons. The summed E-state index contributed by atoms with van der Waals surface area (Å²) in [6, 6.07) is -5.32. The molecule has 31 nitrogen and oxygen atoms in total. The van der Waals surface area contributed by atoms with Crippen LogP contribution in [0.5, 0.6) is 5.75 Å². The van der Waals surface area contributed by atoms with Crippen LogP contribution in [0.25, 0.3) is 0 Å². The van der Waals surface area contributed by atoms with Gasteiger partial charge in [0.15, 0.2) is 17.9 Å². The molecule has 8 atom stereocenters. The molecule has 31 heteroatoms. The predicted molar refractivity (Wildman–Crippen MR) is 295 cm³/mol. The number of rotatable bonds is 37. The van der Waals surface area contributed by atoms with Gasteiger partial charge in [-0.1, -0.05) is 53.7 Å². The molecule has 0 aliphatic carbocycles. The van der Waals surface area contributed by atoms with Crippen LogP contribution >= 0.6 is 0 Å². The SMILES string of the molecule is CC(C)C[C@H](NC(=O)[C@H](CCCN=C(N)N)NC(=O)[C@H](CCCN=C(N)N)NC(=O)CNC(=O)[C@H](CC(=O)O)NC(=O)[C@@H](NC(=O)[C@@H](N)CCCN=C(N)N)C(C)C)C(=O)N[C@H](C(=O)N[C@@H](Cc1ccc(O)cc1)C(=O)O)C(C)C. The highest BCUT2D eigenvalue weighted by Gasteiger charge is 2.35. The number of phenols is 1. The largest absolute Gasteiger partial charge is 0.508 e. The fourth-order valence-corrected chi connectivity index (χ4v) is 7.54. The summed E-state index contributed by atoms with van der Waals surface area (Å²) in [6.45, 7) is 9.23. The average Bonchev–Trinajstić information content (AvgIpc) is 3.36. The van der Waals surface area contributed by atoms with E-state index in [-0.39, 0.29) is 94.1 Å². The van der Waals surface area contributed by atoms with E-state index in [1.165, 1.54) is 24.3 Å². The van der Waals surface area contributed by atoms with Crippen LogP contribution in [-0.4, -0.2) is 167 Å². The lowest BCUT2D eigenvalue weighted by molar-refractivity contribution is -0.142. The number of guanidine groups is 3. The van der Waals surface area contributed by atoms with Gasteiger partial charge in [0.1, 0.15) is 48.0 Å². The molecule has 0 saturated carbocycles. The van der Waals surface area contributed by atoms with Gasteiger partial charge in [0, 0.05) is 26.1 Å². The molecule has 80 heavy (non-hydrogen) atoms. The minimum Gasteiger partial charge on any atom is -0.508 e. The van der Waals surface area contributed by atoms with Gasteiger partial charge in [-0.05, 0) is 80.4 Å². The van der Waals surface area contributed by atoms with Crippen molar-refractivity contribution in [3.63, 3.8) is 0 Å². The number of carbonyl (C=O) groups is 10. The normalized spacial score (nSPS) is 14.0. The number of aliphatic carboxylic acids is 2. The van der Waals surface area contributed by atoms with Crippen LogP contribution in [0.3, 0.4) is 0 Å². The molecular weight excluding hydrogens is 1050 g/mol. The van der Waals surface area contributed by atoms with Crippen LogP contribution in [0, 0.1) is 17.8 Å². The number of benzene rings is 1. The molecular formula is C49H84N18O13. The summed E-state index contributed by atoms with van der Waals surface area (Å²) in [5.74, 6) is -12.2. The van der Waals surface area contributed by atoms with Crippen molar-refractivity contribution in [2.75, 3.05) is 26.2 Å². The number of phenolic OH excluding ortho intramolecular Hbond substituents is 1. The first-order valence-electron chi connectivity index (χ1n) is 26.0. The van der Waals surface area contributed by atoms with Crippen LogP contribution in [0.1, 0.15) is 98.5 Å². The number of hydrogen-bond acceptors (Lipinski definition) is 15. The number of aromatic hydroxyl groups is 1. The molecule has 0 fully saturated rings. The van der Waals surface area contributed by atoms with Crippen molar-refractivity contribution in [2.45, 2.75) is 148 Å². The standard InChI is InChI=1S/C49H84N18O13/c1-24(2)20-32(43(76)67-38(26(5)6)45(78)65-34(46(79)80)21-27-13-15-28(68)16-14-27)63-42(75)31(12-9-19-59-49(55)56)62-41(74)30(11-8-18-58-48(53)54)61-35(69)23-60-40(73)33(22-36(70)71)64-44(77)37(25(3)4)66-39(72)29(50)10-7-17-57-47(51)52/h13-16,24-26,29-34,37-38,68H,7-12,17-23,50H2,1-6H3,(H,60,73)(H,61,69)(H,62,74)(H,63,75)(H,64,77)(H,65,78)(H,66,72)(H,67,76)(H,70,71)(H,79,80)(H4,51,52,57)(H4,53,54,58)(H4,55,56,59)/t29-,30-,31-,32-,33-,34-,37-,38-/m0/s1. The summed E-state index contributed by atoms with van der Waals surface area (Å²) < 4.78 is 0. The Morgan fingerprint density at radius 1 is 0.500 bits per heavy atom. The minimum atomic E-state index is -1.77. The Labute approximate surface area is 464 Å². The Morgan fingerprint density at radius 2 is 0.912 bits per heavy atom. The van der Waals surface area contributed by atoms with Gasteiger partial charge in [-0.3, -0.25) is 58.1 Å². The van der Waals surface area contributed by atoms with E-state index in [0.29, 0.717) is 12.0 Å².